The number of hydrogen-bond donors (Lipinski definition) is 2. The van der Waals surface area contributed by atoms with Gasteiger partial charge in [-0.25, -0.2) is 0 Å². The second-order valence-corrected chi connectivity index (χ2v) is 6.56. The number of carbonyl (C=O) groups is 1. The van der Waals surface area contributed by atoms with E-state index < -0.39 is 5.54 Å². The quantitative estimate of drug-likeness (QED) is 0.849. The van der Waals surface area contributed by atoms with E-state index in [4.69, 9.17) is 5.73 Å². The first-order valence-corrected chi connectivity index (χ1v) is 7.83. The van der Waals surface area contributed by atoms with E-state index in [1.807, 2.05) is 42.7 Å². The topological polar surface area (TPSA) is 85.8 Å². The van der Waals surface area contributed by atoms with Crippen molar-refractivity contribution >= 4 is 21.8 Å². The summed E-state index contributed by atoms with van der Waals surface area (Å²) in [4.78, 5) is 12.4. The van der Waals surface area contributed by atoms with Crippen molar-refractivity contribution in [1.82, 2.24) is 20.1 Å². The molecule has 0 fully saturated rings. The first kappa shape index (κ1) is 16.6. The van der Waals surface area contributed by atoms with Gasteiger partial charge < -0.3 is 15.6 Å². The zero-order valence-corrected chi connectivity index (χ0v) is 14.5. The van der Waals surface area contributed by atoms with Gasteiger partial charge >= 0.3 is 0 Å². The van der Waals surface area contributed by atoms with Crippen LogP contribution >= 0.6 is 15.9 Å². The molecule has 0 spiro atoms. The minimum absolute atomic E-state index is 0.234. The number of aromatic nitrogens is 3. The fourth-order valence-electron chi connectivity index (χ4n) is 2.09. The van der Waals surface area contributed by atoms with E-state index >= 15 is 0 Å². The first-order valence-electron chi connectivity index (χ1n) is 7.04. The molecule has 0 saturated carbocycles. The number of nitrogens with one attached hydrogen (secondary N) is 1. The molecule has 0 aliphatic carbocycles. The molecule has 6 nitrogen and oxygen atoms in total. The average Bonchev–Trinajstić information content (AvgIpc) is 2.93. The summed E-state index contributed by atoms with van der Waals surface area (Å²) in [5, 5.41) is 10.7. The molecular formula is C15H20BrN5O. The van der Waals surface area contributed by atoms with Crippen LogP contribution in [0.25, 0.3) is 0 Å². The van der Waals surface area contributed by atoms with Crippen LogP contribution in [0, 0.1) is 0 Å². The predicted molar refractivity (Wildman–Crippen MR) is 87.9 cm³/mol. The van der Waals surface area contributed by atoms with Crippen LogP contribution in [0.3, 0.4) is 0 Å². The number of halogens is 1. The second kappa shape index (κ2) is 6.58. The molecular weight excluding hydrogens is 346 g/mol. The summed E-state index contributed by atoms with van der Waals surface area (Å²) < 4.78 is 2.85. The van der Waals surface area contributed by atoms with Gasteiger partial charge in [0.2, 0.25) is 5.91 Å². The number of hydrogen-bond acceptors (Lipinski definition) is 4. The minimum Gasteiger partial charge on any atom is -0.347 e. The Labute approximate surface area is 138 Å². The Bertz CT molecular complexity index is 648. The van der Waals surface area contributed by atoms with Crippen molar-refractivity contribution in [2.24, 2.45) is 5.73 Å². The van der Waals surface area contributed by atoms with E-state index in [1.54, 1.807) is 13.3 Å². The third-order valence-electron chi connectivity index (χ3n) is 3.53. The van der Waals surface area contributed by atoms with Crippen LogP contribution in [0.4, 0.5) is 0 Å². The maximum Gasteiger partial charge on any atom is 0.244 e. The van der Waals surface area contributed by atoms with E-state index in [1.165, 1.54) is 0 Å². The Morgan fingerprint density at radius 2 is 2.05 bits per heavy atom. The third kappa shape index (κ3) is 3.53. The van der Waals surface area contributed by atoms with Crippen LogP contribution in [0.2, 0.25) is 0 Å². The zero-order valence-electron chi connectivity index (χ0n) is 12.9. The summed E-state index contributed by atoms with van der Waals surface area (Å²) in [5.41, 5.74) is 5.84. The number of rotatable bonds is 5. The van der Waals surface area contributed by atoms with Gasteiger partial charge in [-0.3, -0.25) is 4.79 Å². The fraction of sp³-hybridized carbons (Fsp3) is 0.400. The van der Waals surface area contributed by atoms with Gasteiger partial charge in [-0.15, -0.1) is 10.2 Å². The van der Waals surface area contributed by atoms with Crippen LogP contribution in [0.15, 0.2) is 35.1 Å². The molecule has 1 aromatic heterocycles. The summed E-state index contributed by atoms with van der Waals surface area (Å²) in [7, 11) is 0. The zero-order chi connectivity index (χ0) is 16.3. The van der Waals surface area contributed by atoms with Crippen LogP contribution in [0.1, 0.15) is 38.2 Å². The Kier molecular flexibility index (Phi) is 4.97. The maximum atomic E-state index is 12.4. The van der Waals surface area contributed by atoms with Crippen LogP contribution in [0.5, 0.6) is 0 Å². The lowest BCUT2D eigenvalue weighted by atomic mass is 9.92. The van der Waals surface area contributed by atoms with Gasteiger partial charge in [0.1, 0.15) is 11.9 Å². The molecule has 118 valence electrons. The van der Waals surface area contributed by atoms with E-state index in [2.05, 4.69) is 31.4 Å². The molecule has 0 radical (unpaired) electrons. The standard InChI is InChI=1S/C15H20BrN5O/c1-10(2)21-9-19-20-13(21)8-18-14(22)15(3,17)11-4-6-12(16)7-5-11/h4-7,9-10H,8,17H2,1-3H3,(H,18,22). The third-order valence-corrected chi connectivity index (χ3v) is 4.05. The molecule has 7 heteroatoms. The number of carbonyl (C=O) groups excluding carboxylic acids is 1. The minimum atomic E-state index is -1.11. The molecule has 2 aromatic rings. The molecule has 1 aromatic carbocycles. The molecule has 1 amide bonds. The average molecular weight is 366 g/mol. The van der Waals surface area contributed by atoms with Crippen molar-refractivity contribution < 1.29 is 4.79 Å². The van der Waals surface area contributed by atoms with Crippen LogP contribution in [-0.4, -0.2) is 20.7 Å². The molecule has 0 aliphatic rings. The molecule has 1 unspecified atom stereocenters. The lowest BCUT2D eigenvalue weighted by Crippen LogP contribution is -2.48. The Balaban J connectivity index is 2.08. The SMILES string of the molecule is CC(C)n1cnnc1CNC(=O)C(C)(N)c1ccc(Br)cc1. The van der Waals surface area contributed by atoms with E-state index in [-0.39, 0.29) is 11.9 Å². The fourth-order valence-corrected chi connectivity index (χ4v) is 2.36. The molecule has 0 saturated heterocycles. The van der Waals surface area contributed by atoms with Gasteiger partial charge in [0.15, 0.2) is 5.82 Å². The largest absolute Gasteiger partial charge is 0.347 e. The maximum absolute atomic E-state index is 12.4. The van der Waals surface area contributed by atoms with Gasteiger partial charge in [0.05, 0.1) is 6.54 Å². The summed E-state index contributed by atoms with van der Waals surface area (Å²) in [6.07, 6.45) is 1.66. The number of nitrogens with two attached hydrogens (primary N) is 1. The highest BCUT2D eigenvalue weighted by atomic mass is 79.9. The van der Waals surface area contributed by atoms with E-state index in [9.17, 15) is 4.79 Å². The molecule has 22 heavy (non-hydrogen) atoms. The summed E-state index contributed by atoms with van der Waals surface area (Å²) >= 11 is 3.37. The number of nitrogens with zero attached hydrogens (tertiary/aromatic N) is 3. The lowest BCUT2D eigenvalue weighted by Gasteiger charge is -2.24. The molecule has 1 heterocycles. The van der Waals surface area contributed by atoms with Crippen molar-refractivity contribution in [3.05, 3.63) is 46.5 Å². The lowest BCUT2D eigenvalue weighted by molar-refractivity contribution is -0.126. The monoisotopic (exact) mass is 365 g/mol. The molecule has 0 bridgehead atoms. The highest BCUT2D eigenvalue weighted by Crippen LogP contribution is 2.20. The predicted octanol–water partition coefficient (Wildman–Crippen LogP) is 2.11. The number of amides is 1. The summed E-state index contributed by atoms with van der Waals surface area (Å²) in [6.45, 7) is 6.05. The van der Waals surface area contributed by atoms with Gasteiger partial charge in [-0.2, -0.15) is 0 Å². The highest BCUT2D eigenvalue weighted by Gasteiger charge is 2.30. The molecule has 2 rings (SSSR count). The van der Waals surface area contributed by atoms with Crippen molar-refractivity contribution in [2.75, 3.05) is 0 Å². The summed E-state index contributed by atoms with van der Waals surface area (Å²) in [6, 6.07) is 7.63. The summed E-state index contributed by atoms with van der Waals surface area (Å²) in [5.74, 6) is 0.447. The van der Waals surface area contributed by atoms with E-state index in [0.29, 0.717) is 12.4 Å². The van der Waals surface area contributed by atoms with Gasteiger partial charge in [-0.1, -0.05) is 28.1 Å². The van der Waals surface area contributed by atoms with Crippen molar-refractivity contribution in [2.45, 2.75) is 38.9 Å². The molecule has 1 atom stereocenters. The van der Waals surface area contributed by atoms with Gasteiger partial charge in [-0.05, 0) is 38.5 Å². The second-order valence-electron chi connectivity index (χ2n) is 5.64. The van der Waals surface area contributed by atoms with Crippen molar-refractivity contribution in [3.63, 3.8) is 0 Å². The normalized spacial score (nSPS) is 13.9. The smallest absolute Gasteiger partial charge is 0.244 e. The Hall–Kier alpha value is -1.73. The first-order chi connectivity index (χ1) is 10.3. The van der Waals surface area contributed by atoms with Crippen LogP contribution < -0.4 is 11.1 Å². The van der Waals surface area contributed by atoms with Crippen LogP contribution in [-0.2, 0) is 16.9 Å². The van der Waals surface area contributed by atoms with Gasteiger partial charge in [0, 0.05) is 10.5 Å². The highest BCUT2D eigenvalue weighted by molar-refractivity contribution is 9.10. The van der Waals surface area contributed by atoms with Crippen molar-refractivity contribution in [1.29, 1.82) is 0 Å². The Morgan fingerprint density at radius 3 is 2.64 bits per heavy atom. The van der Waals surface area contributed by atoms with Gasteiger partial charge in [0.25, 0.3) is 0 Å². The number of benzene rings is 1. The molecule has 0 aliphatic heterocycles. The molecule has 3 N–H and O–H groups in total. The van der Waals surface area contributed by atoms with Crippen molar-refractivity contribution in [3.8, 4) is 0 Å². The van der Waals surface area contributed by atoms with E-state index in [0.717, 1.165) is 10.0 Å². The Morgan fingerprint density at radius 1 is 1.41 bits per heavy atom.